The Morgan fingerprint density at radius 1 is 1.44 bits per heavy atom. The van der Waals surface area contributed by atoms with E-state index in [1.807, 2.05) is 18.2 Å². The molecule has 0 bridgehead atoms. The van der Waals surface area contributed by atoms with E-state index in [0.717, 1.165) is 3.57 Å². The monoisotopic (exact) mass is 335 g/mol. The minimum atomic E-state index is -0.410. The second-order valence-corrected chi connectivity index (χ2v) is 4.37. The molecular formula is C11H14INO3. The fourth-order valence-electron chi connectivity index (χ4n) is 1.17. The van der Waals surface area contributed by atoms with Crippen molar-refractivity contribution in [3.63, 3.8) is 0 Å². The molecule has 4 nitrogen and oxygen atoms in total. The summed E-state index contributed by atoms with van der Waals surface area (Å²) in [5, 5.41) is 2.74. The number of hydrogen-bond donors (Lipinski definition) is 1. The summed E-state index contributed by atoms with van der Waals surface area (Å²) in [5.41, 5.74) is 0.637. The lowest BCUT2D eigenvalue weighted by molar-refractivity contribution is -0.0974. The van der Waals surface area contributed by atoms with Gasteiger partial charge >= 0.3 is 0 Å². The van der Waals surface area contributed by atoms with Gasteiger partial charge in [-0.25, -0.2) is 0 Å². The van der Waals surface area contributed by atoms with Crippen LogP contribution < -0.4 is 5.32 Å². The summed E-state index contributed by atoms with van der Waals surface area (Å²) in [6.07, 6.45) is -0.410. The lowest BCUT2D eigenvalue weighted by atomic mass is 10.2. The molecule has 0 atom stereocenters. The molecule has 0 heterocycles. The maximum Gasteiger partial charge on any atom is 0.251 e. The number of halogens is 1. The standard InChI is InChI=1S/C11H14INO3/c1-15-10(16-2)7-13-11(14)8-4-3-5-9(12)6-8/h3-6,10H,7H2,1-2H3,(H,13,14). The second kappa shape index (κ2) is 6.82. The van der Waals surface area contributed by atoms with E-state index in [1.165, 1.54) is 14.2 Å². The molecule has 0 aliphatic carbocycles. The number of methoxy groups -OCH3 is 2. The van der Waals surface area contributed by atoms with Gasteiger partial charge in [0.25, 0.3) is 5.91 Å². The van der Waals surface area contributed by atoms with Crippen molar-refractivity contribution in [3.8, 4) is 0 Å². The SMILES string of the molecule is COC(CNC(=O)c1cccc(I)c1)OC. The highest BCUT2D eigenvalue weighted by Gasteiger charge is 2.09. The topological polar surface area (TPSA) is 47.6 Å². The van der Waals surface area contributed by atoms with Crippen molar-refractivity contribution in [2.75, 3.05) is 20.8 Å². The summed E-state index contributed by atoms with van der Waals surface area (Å²) in [6.45, 7) is 0.331. The van der Waals surface area contributed by atoms with Gasteiger partial charge in [-0.05, 0) is 40.8 Å². The van der Waals surface area contributed by atoms with E-state index in [2.05, 4.69) is 27.9 Å². The minimum absolute atomic E-state index is 0.127. The first-order valence-electron chi connectivity index (χ1n) is 4.76. The molecule has 0 saturated carbocycles. The van der Waals surface area contributed by atoms with Gasteiger partial charge in [0, 0.05) is 23.4 Å². The Labute approximate surface area is 108 Å². The molecule has 0 aliphatic heterocycles. The van der Waals surface area contributed by atoms with Crippen LogP contribution in [-0.4, -0.2) is 33.0 Å². The fourth-order valence-corrected chi connectivity index (χ4v) is 1.71. The molecule has 1 N–H and O–H groups in total. The maximum atomic E-state index is 11.7. The molecule has 0 aliphatic rings. The average Bonchev–Trinajstić information content (AvgIpc) is 2.30. The van der Waals surface area contributed by atoms with Crippen LogP contribution in [-0.2, 0) is 9.47 Å². The van der Waals surface area contributed by atoms with Crippen molar-refractivity contribution in [1.29, 1.82) is 0 Å². The maximum absolute atomic E-state index is 11.7. The lowest BCUT2D eigenvalue weighted by Crippen LogP contribution is -2.34. The summed E-state index contributed by atoms with van der Waals surface area (Å²) in [7, 11) is 3.07. The van der Waals surface area contributed by atoms with E-state index in [1.54, 1.807) is 6.07 Å². The third-order valence-electron chi connectivity index (χ3n) is 2.04. The van der Waals surface area contributed by atoms with Gasteiger partial charge in [0.05, 0.1) is 6.54 Å². The first-order chi connectivity index (χ1) is 7.67. The second-order valence-electron chi connectivity index (χ2n) is 3.12. The number of rotatable bonds is 5. The number of nitrogens with one attached hydrogen (secondary N) is 1. The van der Waals surface area contributed by atoms with Gasteiger partial charge in [0.2, 0.25) is 0 Å². The van der Waals surface area contributed by atoms with Crippen molar-refractivity contribution in [2.24, 2.45) is 0 Å². The van der Waals surface area contributed by atoms with Crippen LogP contribution in [0.15, 0.2) is 24.3 Å². The fraction of sp³-hybridized carbons (Fsp3) is 0.364. The molecule has 1 rings (SSSR count). The number of amides is 1. The Balaban J connectivity index is 2.52. The van der Waals surface area contributed by atoms with Crippen molar-refractivity contribution in [1.82, 2.24) is 5.32 Å². The van der Waals surface area contributed by atoms with Gasteiger partial charge < -0.3 is 14.8 Å². The van der Waals surface area contributed by atoms with E-state index < -0.39 is 6.29 Å². The third-order valence-corrected chi connectivity index (χ3v) is 2.71. The summed E-state index contributed by atoms with van der Waals surface area (Å²) in [5.74, 6) is -0.127. The highest BCUT2D eigenvalue weighted by atomic mass is 127. The Kier molecular flexibility index (Phi) is 5.72. The van der Waals surface area contributed by atoms with Gasteiger partial charge in [0.15, 0.2) is 6.29 Å². The number of ether oxygens (including phenoxy) is 2. The van der Waals surface area contributed by atoms with Gasteiger partial charge in [0.1, 0.15) is 0 Å². The molecule has 0 saturated heterocycles. The number of benzene rings is 1. The molecular weight excluding hydrogens is 321 g/mol. The van der Waals surface area contributed by atoms with Gasteiger partial charge in [-0.1, -0.05) is 6.07 Å². The molecule has 1 amide bonds. The summed E-state index contributed by atoms with van der Waals surface area (Å²) >= 11 is 2.17. The van der Waals surface area contributed by atoms with Crippen LogP contribution in [0.5, 0.6) is 0 Å². The van der Waals surface area contributed by atoms with Crippen LogP contribution in [0.1, 0.15) is 10.4 Å². The zero-order valence-electron chi connectivity index (χ0n) is 9.20. The highest BCUT2D eigenvalue weighted by molar-refractivity contribution is 14.1. The number of hydrogen-bond acceptors (Lipinski definition) is 3. The zero-order chi connectivity index (χ0) is 12.0. The van der Waals surface area contributed by atoms with E-state index >= 15 is 0 Å². The molecule has 0 aromatic heterocycles. The molecule has 0 spiro atoms. The summed E-state index contributed by atoms with van der Waals surface area (Å²) in [4.78, 5) is 11.7. The van der Waals surface area contributed by atoms with Crippen LogP contribution in [0.25, 0.3) is 0 Å². The van der Waals surface area contributed by atoms with Crippen molar-refractivity contribution in [2.45, 2.75) is 6.29 Å². The van der Waals surface area contributed by atoms with Crippen LogP contribution >= 0.6 is 22.6 Å². The Bertz CT molecular complexity index is 353. The molecule has 0 unspecified atom stereocenters. The van der Waals surface area contributed by atoms with E-state index in [4.69, 9.17) is 9.47 Å². The van der Waals surface area contributed by atoms with Crippen LogP contribution in [0.4, 0.5) is 0 Å². The summed E-state index contributed by atoms with van der Waals surface area (Å²) < 4.78 is 11.0. The largest absolute Gasteiger partial charge is 0.354 e. The van der Waals surface area contributed by atoms with Gasteiger partial charge in [-0.2, -0.15) is 0 Å². The summed E-state index contributed by atoms with van der Waals surface area (Å²) in [6, 6.07) is 7.38. The van der Waals surface area contributed by atoms with E-state index in [9.17, 15) is 4.79 Å². The van der Waals surface area contributed by atoms with Gasteiger partial charge in [-0.3, -0.25) is 4.79 Å². The normalized spacial score (nSPS) is 10.5. The predicted molar refractivity (Wildman–Crippen MR) is 69.3 cm³/mol. The van der Waals surface area contributed by atoms with E-state index in [0.29, 0.717) is 12.1 Å². The average molecular weight is 335 g/mol. The molecule has 1 aromatic rings. The molecule has 0 fully saturated rings. The molecule has 16 heavy (non-hydrogen) atoms. The molecule has 1 aromatic carbocycles. The van der Waals surface area contributed by atoms with Crippen molar-refractivity contribution < 1.29 is 14.3 Å². The van der Waals surface area contributed by atoms with Crippen LogP contribution in [0, 0.1) is 3.57 Å². The smallest absolute Gasteiger partial charge is 0.251 e. The number of carbonyl (C=O) groups is 1. The Hall–Kier alpha value is -0.660. The lowest BCUT2D eigenvalue weighted by Gasteiger charge is -2.13. The first-order valence-corrected chi connectivity index (χ1v) is 5.84. The van der Waals surface area contributed by atoms with E-state index in [-0.39, 0.29) is 5.91 Å². The van der Waals surface area contributed by atoms with Crippen LogP contribution in [0.2, 0.25) is 0 Å². The Morgan fingerprint density at radius 2 is 2.12 bits per heavy atom. The van der Waals surface area contributed by atoms with Gasteiger partial charge in [-0.15, -0.1) is 0 Å². The van der Waals surface area contributed by atoms with Crippen molar-refractivity contribution in [3.05, 3.63) is 33.4 Å². The zero-order valence-corrected chi connectivity index (χ0v) is 11.4. The molecule has 0 radical (unpaired) electrons. The van der Waals surface area contributed by atoms with Crippen LogP contribution in [0.3, 0.4) is 0 Å². The first kappa shape index (κ1) is 13.4. The quantitative estimate of drug-likeness (QED) is 0.657. The minimum Gasteiger partial charge on any atom is -0.354 e. The predicted octanol–water partition coefficient (Wildman–Crippen LogP) is 1.64. The molecule has 88 valence electrons. The Morgan fingerprint density at radius 3 is 2.69 bits per heavy atom. The molecule has 5 heteroatoms. The highest BCUT2D eigenvalue weighted by Crippen LogP contribution is 2.07. The number of carbonyl (C=O) groups excluding carboxylic acids is 1. The van der Waals surface area contributed by atoms with Crippen molar-refractivity contribution >= 4 is 28.5 Å². The third kappa shape index (κ3) is 4.07.